The molecule has 1 aromatic rings. The SMILES string of the molecule is COCCN(CCC(=O)N1CCNCC1)S(=O)(=O)c1cc(C)c(C)cc1C. The number of carbonyl (C=O) groups is 1. The lowest BCUT2D eigenvalue weighted by molar-refractivity contribution is -0.131. The zero-order valence-electron chi connectivity index (χ0n) is 16.7. The first kappa shape index (κ1) is 21.8. The highest BCUT2D eigenvalue weighted by molar-refractivity contribution is 7.89. The van der Waals surface area contributed by atoms with Crippen LogP contribution in [0.4, 0.5) is 0 Å². The molecule has 152 valence electrons. The Morgan fingerprint density at radius 3 is 2.37 bits per heavy atom. The Bertz CT molecular complexity index is 758. The predicted molar refractivity (Wildman–Crippen MR) is 105 cm³/mol. The van der Waals surface area contributed by atoms with Gasteiger partial charge in [-0.05, 0) is 43.5 Å². The third-order valence-electron chi connectivity index (χ3n) is 5.00. The van der Waals surface area contributed by atoms with Crippen LogP contribution < -0.4 is 5.32 Å². The second kappa shape index (κ2) is 9.64. The Labute approximate surface area is 162 Å². The van der Waals surface area contributed by atoms with E-state index in [9.17, 15) is 13.2 Å². The molecule has 1 saturated heterocycles. The van der Waals surface area contributed by atoms with Crippen LogP contribution in [-0.2, 0) is 19.6 Å². The van der Waals surface area contributed by atoms with Gasteiger partial charge >= 0.3 is 0 Å². The van der Waals surface area contributed by atoms with E-state index in [1.54, 1.807) is 17.9 Å². The van der Waals surface area contributed by atoms with Crippen molar-refractivity contribution in [1.82, 2.24) is 14.5 Å². The third-order valence-corrected chi connectivity index (χ3v) is 7.04. The molecule has 0 atom stereocenters. The average Bonchev–Trinajstić information content (AvgIpc) is 2.64. The smallest absolute Gasteiger partial charge is 0.243 e. The monoisotopic (exact) mass is 397 g/mol. The molecule has 0 spiro atoms. The number of nitrogens with one attached hydrogen (secondary N) is 1. The van der Waals surface area contributed by atoms with Gasteiger partial charge < -0.3 is 15.0 Å². The number of hydrogen-bond acceptors (Lipinski definition) is 5. The number of nitrogens with zero attached hydrogens (tertiary/aromatic N) is 2. The lowest BCUT2D eigenvalue weighted by Gasteiger charge is -2.29. The van der Waals surface area contributed by atoms with E-state index in [-0.39, 0.29) is 32.0 Å². The number of piperazine rings is 1. The fourth-order valence-corrected chi connectivity index (χ4v) is 4.91. The van der Waals surface area contributed by atoms with Crippen molar-refractivity contribution in [3.63, 3.8) is 0 Å². The summed E-state index contributed by atoms with van der Waals surface area (Å²) in [4.78, 5) is 14.5. The second-order valence-electron chi connectivity index (χ2n) is 6.98. The number of methoxy groups -OCH3 is 1. The molecule has 0 aliphatic carbocycles. The highest BCUT2D eigenvalue weighted by Gasteiger charge is 2.27. The van der Waals surface area contributed by atoms with Gasteiger partial charge in [0.05, 0.1) is 11.5 Å². The number of aryl methyl sites for hydroxylation is 3. The highest BCUT2D eigenvalue weighted by Crippen LogP contribution is 2.23. The van der Waals surface area contributed by atoms with Gasteiger partial charge in [0.1, 0.15) is 0 Å². The molecule has 1 amide bonds. The lowest BCUT2D eigenvalue weighted by atomic mass is 10.1. The van der Waals surface area contributed by atoms with Crippen molar-refractivity contribution in [2.45, 2.75) is 32.1 Å². The van der Waals surface area contributed by atoms with E-state index in [1.807, 2.05) is 19.9 Å². The Morgan fingerprint density at radius 1 is 1.11 bits per heavy atom. The number of rotatable bonds is 8. The fourth-order valence-electron chi connectivity index (χ4n) is 3.19. The largest absolute Gasteiger partial charge is 0.383 e. The molecule has 0 saturated carbocycles. The molecule has 1 fully saturated rings. The van der Waals surface area contributed by atoms with Gasteiger partial charge in [-0.15, -0.1) is 0 Å². The van der Waals surface area contributed by atoms with Crippen molar-refractivity contribution >= 4 is 15.9 Å². The minimum absolute atomic E-state index is 0.00840. The average molecular weight is 398 g/mol. The van der Waals surface area contributed by atoms with Crippen molar-refractivity contribution in [1.29, 1.82) is 0 Å². The summed E-state index contributed by atoms with van der Waals surface area (Å²) in [6.07, 6.45) is 0.173. The van der Waals surface area contributed by atoms with Crippen molar-refractivity contribution in [3.05, 3.63) is 28.8 Å². The van der Waals surface area contributed by atoms with Crippen LogP contribution in [0.2, 0.25) is 0 Å². The minimum Gasteiger partial charge on any atom is -0.383 e. The summed E-state index contributed by atoms with van der Waals surface area (Å²) in [7, 11) is -2.16. The minimum atomic E-state index is -3.70. The summed E-state index contributed by atoms with van der Waals surface area (Å²) in [5.74, 6) is -0.00840. The molecule has 2 rings (SSSR count). The van der Waals surface area contributed by atoms with Gasteiger partial charge in [-0.25, -0.2) is 8.42 Å². The molecular formula is C19H31N3O4S. The van der Waals surface area contributed by atoms with Crippen molar-refractivity contribution < 1.29 is 17.9 Å². The van der Waals surface area contributed by atoms with E-state index in [1.165, 1.54) is 11.4 Å². The van der Waals surface area contributed by atoms with Gasteiger partial charge in [0, 0.05) is 52.8 Å². The molecule has 0 aromatic heterocycles. The van der Waals surface area contributed by atoms with Crippen LogP contribution in [0.25, 0.3) is 0 Å². The predicted octanol–water partition coefficient (Wildman–Crippen LogP) is 1.07. The van der Waals surface area contributed by atoms with Crippen LogP contribution in [0.3, 0.4) is 0 Å². The third kappa shape index (κ3) is 5.51. The van der Waals surface area contributed by atoms with Gasteiger partial charge in [0.2, 0.25) is 15.9 Å². The number of benzene rings is 1. The quantitative estimate of drug-likeness (QED) is 0.710. The molecule has 1 heterocycles. The first-order valence-electron chi connectivity index (χ1n) is 9.32. The summed E-state index contributed by atoms with van der Waals surface area (Å²) in [6.45, 7) is 9.22. The Kier molecular flexibility index (Phi) is 7.79. The van der Waals surface area contributed by atoms with E-state index < -0.39 is 10.0 Å². The Morgan fingerprint density at radius 2 is 1.74 bits per heavy atom. The van der Waals surface area contributed by atoms with Crippen LogP contribution in [0.15, 0.2) is 17.0 Å². The van der Waals surface area contributed by atoms with Gasteiger partial charge in [-0.2, -0.15) is 4.31 Å². The fraction of sp³-hybridized carbons (Fsp3) is 0.632. The molecule has 1 aliphatic heterocycles. The number of ether oxygens (including phenoxy) is 1. The van der Waals surface area contributed by atoms with E-state index in [2.05, 4.69) is 5.32 Å². The summed E-state index contributed by atoms with van der Waals surface area (Å²) < 4.78 is 33.0. The maximum Gasteiger partial charge on any atom is 0.243 e. The topological polar surface area (TPSA) is 79.0 Å². The van der Waals surface area contributed by atoms with E-state index >= 15 is 0 Å². The van der Waals surface area contributed by atoms with Crippen LogP contribution >= 0.6 is 0 Å². The highest BCUT2D eigenvalue weighted by atomic mass is 32.2. The van der Waals surface area contributed by atoms with Crippen LogP contribution in [0, 0.1) is 20.8 Å². The van der Waals surface area contributed by atoms with E-state index in [4.69, 9.17) is 4.74 Å². The van der Waals surface area contributed by atoms with Crippen molar-refractivity contribution in [3.8, 4) is 0 Å². The second-order valence-corrected chi connectivity index (χ2v) is 8.89. The maximum atomic E-state index is 13.2. The van der Waals surface area contributed by atoms with Crippen LogP contribution in [-0.4, -0.2) is 76.5 Å². The zero-order chi connectivity index (χ0) is 20.0. The zero-order valence-corrected chi connectivity index (χ0v) is 17.6. The number of amides is 1. The Balaban J connectivity index is 2.18. The van der Waals surface area contributed by atoms with Gasteiger partial charge in [-0.1, -0.05) is 6.07 Å². The molecule has 7 nitrogen and oxygen atoms in total. The summed E-state index contributed by atoms with van der Waals surface area (Å²) in [6, 6.07) is 3.61. The molecule has 0 bridgehead atoms. The Hall–Kier alpha value is -1.48. The number of hydrogen-bond donors (Lipinski definition) is 1. The number of sulfonamides is 1. The molecule has 1 aliphatic rings. The molecule has 1 aromatic carbocycles. The van der Waals surface area contributed by atoms with Crippen molar-refractivity contribution in [2.24, 2.45) is 0 Å². The summed E-state index contributed by atoms with van der Waals surface area (Å²) in [5.41, 5.74) is 2.71. The molecule has 1 N–H and O–H groups in total. The van der Waals surface area contributed by atoms with Gasteiger partial charge in [0.15, 0.2) is 0 Å². The number of carbonyl (C=O) groups excluding carboxylic acids is 1. The van der Waals surface area contributed by atoms with Crippen LogP contribution in [0.1, 0.15) is 23.1 Å². The van der Waals surface area contributed by atoms with Gasteiger partial charge in [-0.3, -0.25) is 4.79 Å². The van der Waals surface area contributed by atoms with Crippen molar-refractivity contribution in [2.75, 3.05) is 53.0 Å². The molecule has 0 unspecified atom stereocenters. The lowest BCUT2D eigenvalue weighted by Crippen LogP contribution is -2.47. The summed E-state index contributed by atoms with van der Waals surface area (Å²) in [5, 5.41) is 3.21. The van der Waals surface area contributed by atoms with Gasteiger partial charge in [0.25, 0.3) is 0 Å². The first-order valence-corrected chi connectivity index (χ1v) is 10.8. The summed E-state index contributed by atoms with van der Waals surface area (Å²) >= 11 is 0. The molecule has 0 radical (unpaired) electrons. The first-order chi connectivity index (χ1) is 12.8. The molecular weight excluding hydrogens is 366 g/mol. The van der Waals surface area contributed by atoms with E-state index in [0.717, 1.165) is 24.2 Å². The normalized spacial score (nSPS) is 15.4. The standard InChI is InChI=1S/C19H31N3O4S/c1-15-13-17(3)18(14-16(15)2)27(24,25)22(11-12-26-4)8-5-19(23)21-9-6-20-7-10-21/h13-14,20H,5-12H2,1-4H3. The molecule has 8 heteroatoms. The maximum absolute atomic E-state index is 13.2. The van der Waals surface area contributed by atoms with Crippen LogP contribution in [0.5, 0.6) is 0 Å². The van der Waals surface area contributed by atoms with E-state index in [0.29, 0.717) is 23.5 Å². The molecule has 27 heavy (non-hydrogen) atoms.